The van der Waals surface area contributed by atoms with Crippen LogP contribution in [0.2, 0.25) is 0 Å². The Labute approximate surface area is 111 Å². The molecule has 3 heteroatoms. The summed E-state index contributed by atoms with van der Waals surface area (Å²) < 4.78 is 5.17. The van der Waals surface area contributed by atoms with Crippen molar-refractivity contribution in [2.75, 3.05) is 19.7 Å². The minimum Gasteiger partial charge on any atom is -0.466 e. The van der Waals surface area contributed by atoms with Gasteiger partial charge in [0.05, 0.1) is 12.5 Å². The highest BCUT2D eigenvalue weighted by Crippen LogP contribution is 2.30. The van der Waals surface area contributed by atoms with Crippen molar-refractivity contribution in [3.05, 3.63) is 0 Å². The summed E-state index contributed by atoms with van der Waals surface area (Å²) >= 11 is 0. The third-order valence-electron chi connectivity index (χ3n) is 4.57. The molecule has 2 fully saturated rings. The fourth-order valence-corrected chi connectivity index (χ4v) is 3.40. The minimum absolute atomic E-state index is 0.0198. The predicted molar refractivity (Wildman–Crippen MR) is 72.4 cm³/mol. The van der Waals surface area contributed by atoms with Gasteiger partial charge < -0.3 is 4.74 Å². The van der Waals surface area contributed by atoms with Crippen LogP contribution in [0.5, 0.6) is 0 Å². The highest BCUT2D eigenvalue weighted by molar-refractivity contribution is 5.72. The summed E-state index contributed by atoms with van der Waals surface area (Å²) in [6.07, 6.45) is 7.50. The van der Waals surface area contributed by atoms with Crippen molar-refractivity contribution in [3.63, 3.8) is 0 Å². The number of carbonyl (C=O) groups is 1. The van der Waals surface area contributed by atoms with Crippen LogP contribution in [0.3, 0.4) is 0 Å². The van der Waals surface area contributed by atoms with E-state index in [0.29, 0.717) is 6.61 Å². The van der Waals surface area contributed by atoms with Crippen LogP contribution in [0.15, 0.2) is 0 Å². The fraction of sp³-hybridized carbons (Fsp3) is 0.933. The zero-order valence-corrected chi connectivity index (χ0v) is 11.9. The Morgan fingerprint density at radius 1 is 1.22 bits per heavy atom. The summed E-state index contributed by atoms with van der Waals surface area (Å²) in [6.45, 7) is 6.86. The number of hydrogen-bond acceptors (Lipinski definition) is 3. The van der Waals surface area contributed by atoms with Crippen LogP contribution in [0.1, 0.15) is 52.4 Å². The molecule has 0 amide bonds. The quantitative estimate of drug-likeness (QED) is 0.724. The molecule has 2 rings (SSSR count). The molecule has 0 aromatic heterocycles. The van der Waals surface area contributed by atoms with Gasteiger partial charge in [0.2, 0.25) is 0 Å². The Morgan fingerprint density at radius 3 is 2.61 bits per heavy atom. The average molecular weight is 253 g/mol. The number of nitrogens with zero attached hydrogens (tertiary/aromatic N) is 1. The molecule has 1 saturated heterocycles. The number of likely N-dealkylation sites (tertiary alicyclic amines) is 1. The number of esters is 1. The van der Waals surface area contributed by atoms with Crippen molar-refractivity contribution in [1.29, 1.82) is 0 Å². The van der Waals surface area contributed by atoms with Crippen molar-refractivity contribution < 1.29 is 9.53 Å². The Hall–Kier alpha value is -0.570. The van der Waals surface area contributed by atoms with Gasteiger partial charge in [-0.3, -0.25) is 9.69 Å². The molecule has 1 aliphatic heterocycles. The van der Waals surface area contributed by atoms with E-state index in [-0.39, 0.29) is 11.9 Å². The van der Waals surface area contributed by atoms with Crippen LogP contribution < -0.4 is 0 Å². The molecular weight excluding hydrogens is 226 g/mol. The molecule has 1 unspecified atom stereocenters. The molecule has 1 aliphatic carbocycles. The SMILES string of the molecule is CCOC(=O)C1CCCN(C2CCC(C)CC2)C1. The summed E-state index contributed by atoms with van der Waals surface area (Å²) in [5.41, 5.74) is 0. The molecule has 1 heterocycles. The molecule has 0 N–H and O–H groups in total. The van der Waals surface area contributed by atoms with Gasteiger partial charge in [0.1, 0.15) is 0 Å². The molecule has 3 nitrogen and oxygen atoms in total. The number of ether oxygens (including phenoxy) is 1. The topological polar surface area (TPSA) is 29.5 Å². The first-order chi connectivity index (χ1) is 8.70. The van der Waals surface area contributed by atoms with Crippen LogP contribution in [0.25, 0.3) is 0 Å². The predicted octanol–water partition coefficient (Wildman–Crippen LogP) is 2.84. The molecule has 1 atom stereocenters. The van der Waals surface area contributed by atoms with E-state index in [1.807, 2.05) is 6.92 Å². The molecule has 0 bridgehead atoms. The monoisotopic (exact) mass is 253 g/mol. The Balaban J connectivity index is 1.84. The van der Waals surface area contributed by atoms with Crippen molar-refractivity contribution >= 4 is 5.97 Å². The first kappa shape index (κ1) is 13.9. The molecule has 0 aromatic rings. The molecule has 0 spiro atoms. The second-order valence-corrected chi connectivity index (χ2v) is 6.00. The number of carbonyl (C=O) groups excluding carboxylic acids is 1. The van der Waals surface area contributed by atoms with Gasteiger partial charge in [-0.15, -0.1) is 0 Å². The van der Waals surface area contributed by atoms with Crippen LogP contribution in [0, 0.1) is 11.8 Å². The van der Waals surface area contributed by atoms with Crippen molar-refractivity contribution in [3.8, 4) is 0 Å². The maximum Gasteiger partial charge on any atom is 0.310 e. The molecule has 104 valence electrons. The Morgan fingerprint density at radius 2 is 1.94 bits per heavy atom. The molecule has 1 saturated carbocycles. The lowest BCUT2D eigenvalue weighted by Crippen LogP contribution is -2.46. The van der Waals surface area contributed by atoms with Gasteiger partial charge in [-0.25, -0.2) is 0 Å². The van der Waals surface area contributed by atoms with Gasteiger partial charge in [-0.1, -0.05) is 6.92 Å². The standard InChI is InChI=1S/C15H27NO2/c1-3-18-15(17)13-5-4-10-16(11-13)14-8-6-12(2)7-9-14/h12-14H,3-11H2,1-2H3. The van der Waals surface area contributed by atoms with E-state index >= 15 is 0 Å². The second kappa shape index (κ2) is 6.55. The maximum atomic E-state index is 11.8. The minimum atomic E-state index is 0.0198. The molecular formula is C15H27NO2. The summed E-state index contributed by atoms with van der Waals surface area (Å²) in [4.78, 5) is 14.4. The lowest BCUT2D eigenvalue weighted by molar-refractivity contribution is -0.150. The average Bonchev–Trinajstić information content (AvgIpc) is 2.40. The van der Waals surface area contributed by atoms with E-state index in [1.165, 1.54) is 32.2 Å². The van der Waals surface area contributed by atoms with Crippen molar-refractivity contribution in [2.45, 2.75) is 58.4 Å². The van der Waals surface area contributed by atoms with Crippen LogP contribution in [-0.4, -0.2) is 36.6 Å². The third-order valence-corrected chi connectivity index (χ3v) is 4.57. The highest BCUT2D eigenvalue weighted by Gasteiger charge is 2.31. The summed E-state index contributed by atoms with van der Waals surface area (Å²) in [5.74, 6) is 1.04. The number of rotatable bonds is 3. The lowest BCUT2D eigenvalue weighted by atomic mass is 9.85. The fourth-order valence-electron chi connectivity index (χ4n) is 3.40. The normalized spacial score (nSPS) is 34.2. The van der Waals surface area contributed by atoms with Crippen LogP contribution in [-0.2, 0) is 9.53 Å². The third kappa shape index (κ3) is 3.47. The second-order valence-electron chi connectivity index (χ2n) is 6.00. The van der Waals surface area contributed by atoms with E-state index in [9.17, 15) is 4.79 Å². The van der Waals surface area contributed by atoms with Gasteiger partial charge in [-0.2, -0.15) is 0 Å². The molecule has 0 radical (unpaired) electrons. The van der Waals surface area contributed by atoms with Crippen molar-refractivity contribution in [2.24, 2.45) is 11.8 Å². The van der Waals surface area contributed by atoms with E-state index in [0.717, 1.165) is 31.3 Å². The Bertz CT molecular complexity index is 272. The number of piperidine rings is 1. The van der Waals surface area contributed by atoms with Gasteiger partial charge >= 0.3 is 5.97 Å². The lowest BCUT2D eigenvalue weighted by Gasteiger charge is -2.40. The van der Waals surface area contributed by atoms with E-state index in [2.05, 4.69) is 11.8 Å². The number of hydrogen-bond donors (Lipinski definition) is 0. The molecule has 2 aliphatic rings. The van der Waals surface area contributed by atoms with Gasteiger partial charge in [0.15, 0.2) is 0 Å². The zero-order chi connectivity index (χ0) is 13.0. The molecule has 0 aromatic carbocycles. The first-order valence-corrected chi connectivity index (χ1v) is 7.61. The Kier molecular flexibility index (Phi) is 5.04. The van der Waals surface area contributed by atoms with Crippen molar-refractivity contribution in [1.82, 2.24) is 4.90 Å². The van der Waals surface area contributed by atoms with E-state index in [1.54, 1.807) is 0 Å². The van der Waals surface area contributed by atoms with Gasteiger partial charge in [0, 0.05) is 12.6 Å². The van der Waals surface area contributed by atoms with E-state index < -0.39 is 0 Å². The largest absolute Gasteiger partial charge is 0.466 e. The highest BCUT2D eigenvalue weighted by atomic mass is 16.5. The first-order valence-electron chi connectivity index (χ1n) is 7.61. The summed E-state index contributed by atoms with van der Waals surface area (Å²) in [6, 6.07) is 0.721. The van der Waals surface area contributed by atoms with Gasteiger partial charge in [-0.05, 0) is 57.9 Å². The van der Waals surface area contributed by atoms with Crippen LogP contribution >= 0.6 is 0 Å². The summed E-state index contributed by atoms with van der Waals surface area (Å²) in [7, 11) is 0. The molecule has 18 heavy (non-hydrogen) atoms. The smallest absolute Gasteiger partial charge is 0.310 e. The zero-order valence-electron chi connectivity index (χ0n) is 11.9. The van der Waals surface area contributed by atoms with Crippen LogP contribution in [0.4, 0.5) is 0 Å². The summed E-state index contributed by atoms with van der Waals surface area (Å²) in [5, 5.41) is 0. The van der Waals surface area contributed by atoms with Gasteiger partial charge in [0.25, 0.3) is 0 Å². The maximum absolute atomic E-state index is 11.8. The van der Waals surface area contributed by atoms with E-state index in [4.69, 9.17) is 4.74 Å².